The molecule has 4 aromatic rings. The molecule has 0 saturated heterocycles. The van der Waals surface area contributed by atoms with E-state index in [-0.39, 0.29) is 0 Å². The van der Waals surface area contributed by atoms with Gasteiger partial charge in [-0.1, -0.05) is 35.9 Å². The molecule has 2 aromatic heterocycles. The number of para-hydroxylation sites is 1. The fourth-order valence-electron chi connectivity index (χ4n) is 2.94. The molecule has 0 radical (unpaired) electrons. The molecule has 0 aliphatic heterocycles. The van der Waals surface area contributed by atoms with E-state index in [4.69, 9.17) is 4.98 Å². The Balaban J connectivity index is 1.98. The highest BCUT2D eigenvalue weighted by molar-refractivity contribution is 5.96. The van der Waals surface area contributed by atoms with Crippen molar-refractivity contribution < 1.29 is 0 Å². The minimum atomic E-state index is 1.03. The van der Waals surface area contributed by atoms with E-state index >= 15 is 0 Å². The van der Waals surface area contributed by atoms with Gasteiger partial charge in [0.25, 0.3) is 0 Å². The van der Waals surface area contributed by atoms with E-state index in [1.165, 1.54) is 27.4 Å². The molecule has 102 valence electrons. The Morgan fingerprint density at radius 2 is 1.81 bits per heavy atom. The number of benzene rings is 2. The van der Waals surface area contributed by atoms with Crippen LogP contribution in [0.2, 0.25) is 0 Å². The van der Waals surface area contributed by atoms with Crippen LogP contribution in [0.4, 0.5) is 0 Å². The molecular formula is C19H16N2. The molecule has 0 aliphatic rings. The number of pyridine rings is 1. The molecule has 0 aliphatic carbocycles. The second kappa shape index (κ2) is 4.45. The Hall–Kier alpha value is -2.61. The summed E-state index contributed by atoms with van der Waals surface area (Å²) in [5, 5.41) is 2.44. The number of rotatable bonds is 1. The Kier molecular flexibility index (Phi) is 2.58. The van der Waals surface area contributed by atoms with Gasteiger partial charge in [-0.15, -0.1) is 0 Å². The summed E-state index contributed by atoms with van der Waals surface area (Å²) in [6.45, 7) is 2.11. The summed E-state index contributed by atoms with van der Waals surface area (Å²) < 4.78 is 2.16. The number of hydrogen-bond acceptors (Lipinski definition) is 1. The number of aromatic nitrogens is 2. The van der Waals surface area contributed by atoms with Crippen molar-refractivity contribution in [3.05, 3.63) is 66.4 Å². The summed E-state index contributed by atoms with van der Waals surface area (Å²) in [4.78, 5) is 4.84. The lowest BCUT2D eigenvalue weighted by Crippen LogP contribution is -1.85. The lowest BCUT2D eigenvalue weighted by atomic mass is 10.1. The summed E-state index contributed by atoms with van der Waals surface area (Å²) in [6.07, 6.45) is 2.16. The third-order valence-corrected chi connectivity index (χ3v) is 4.02. The molecule has 0 amide bonds. The zero-order valence-electron chi connectivity index (χ0n) is 12.2. The average Bonchev–Trinajstić information content (AvgIpc) is 2.84. The lowest BCUT2D eigenvalue weighted by molar-refractivity contribution is 0.969. The van der Waals surface area contributed by atoms with Crippen LogP contribution in [0, 0.1) is 6.92 Å². The molecule has 0 bridgehead atoms. The highest BCUT2D eigenvalue weighted by atomic mass is 14.9. The predicted molar refractivity (Wildman–Crippen MR) is 88.4 cm³/mol. The largest absolute Gasteiger partial charge is 0.350 e. The van der Waals surface area contributed by atoms with Gasteiger partial charge in [-0.2, -0.15) is 0 Å². The monoisotopic (exact) mass is 272 g/mol. The SMILES string of the molecule is Cc1ccc2nc(-c3cn(C)c4ccccc34)ccc2c1. The van der Waals surface area contributed by atoms with Crippen LogP contribution in [0.5, 0.6) is 0 Å². The topological polar surface area (TPSA) is 17.8 Å². The summed E-state index contributed by atoms with van der Waals surface area (Å²) in [5.74, 6) is 0. The summed E-state index contributed by atoms with van der Waals surface area (Å²) in [7, 11) is 2.08. The van der Waals surface area contributed by atoms with E-state index in [0.29, 0.717) is 0 Å². The van der Waals surface area contributed by atoms with E-state index in [2.05, 4.69) is 79.3 Å². The zero-order valence-corrected chi connectivity index (χ0v) is 12.2. The normalized spacial score (nSPS) is 11.3. The van der Waals surface area contributed by atoms with Gasteiger partial charge in [0.05, 0.1) is 11.2 Å². The first-order valence-electron chi connectivity index (χ1n) is 7.14. The third kappa shape index (κ3) is 1.91. The Labute approximate surface area is 123 Å². The number of hydrogen-bond donors (Lipinski definition) is 0. The maximum atomic E-state index is 4.84. The number of aryl methyl sites for hydroxylation is 2. The van der Waals surface area contributed by atoms with Crippen molar-refractivity contribution >= 4 is 21.8 Å². The first-order chi connectivity index (χ1) is 10.2. The van der Waals surface area contributed by atoms with Crippen molar-refractivity contribution in [1.29, 1.82) is 0 Å². The van der Waals surface area contributed by atoms with Gasteiger partial charge < -0.3 is 4.57 Å². The summed E-state index contributed by atoms with van der Waals surface area (Å²) >= 11 is 0. The maximum absolute atomic E-state index is 4.84. The standard InChI is InChI=1S/C19H16N2/c1-13-7-9-17-14(11-13)8-10-18(20-17)16-12-21(2)19-6-4-3-5-15(16)19/h3-12H,1-2H3. The first-order valence-corrected chi connectivity index (χ1v) is 7.14. The van der Waals surface area contributed by atoms with Gasteiger partial charge in [-0.3, -0.25) is 0 Å². The molecule has 0 atom stereocenters. The van der Waals surface area contributed by atoms with E-state index < -0.39 is 0 Å². The molecule has 4 rings (SSSR count). The molecule has 2 nitrogen and oxygen atoms in total. The van der Waals surface area contributed by atoms with E-state index in [0.717, 1.165) is 11.2 Å². The van der Waals surface area contributed by atoms with E-state index in [1.807, 2.05) is 0 Å². The van der Waals surface area contributed by atoms with E-state index in [1.54, 1.807) is 0 Å². The lowest BCUT2D eigenvalue weighted by Gasteiger charge is -2.03. The number of nitrogens with zero attached hydrogens (tertiary/aromatic N) is 2. The van der Waals surface area contributed by atoms with Crippen molar-refractivity contribution in [2.45, 2.75) is 6.92 Å². The van der Waals surface area contributed by atoms with Gasteiger partial charge >= 0.3 is 0 Å². The van der Waals surface area contributed by atoms with Gasteiger partial charge in [0.1, 0.15) is 0 Å². The van der Waals surface area contributed by atoms with Gasteiger partial charge in [-0.05, 0) is 31.2 Å². The van der Waals surface area contributed by atoms with E-state index in [9.17, 15) is 0 Å². The first kappa shape index (κ1) is 12.2. The van der Waals surface area contributed by atoms with Gasteiger partial charge in [0.2, 0.25) is 0 Å². The molecule has 21 heavy (non-hydrogen) atoms. The summed E-state index contributed by atoms with van der Waals surface area (Å²) in [5.41, 5.74) is 5.77. The zero-order chi connectivity index (χ0) is 14.4. The second-order valence-corrected chi connectivity index (χ2v) is 5.56. The predicted octanol–water partition coefficient (Wildman–Crippen LogP) is 4.70. The fourth-order valence-corrected chi connectivity index (χ4v) is 2.94. The van der Waals surface area contributed by atoms with Crippen molar-refractivity contribution in [2.75, 3.05) is 0 Å². The van der Waals surface area contributed by atoms with Crippen molar-refractivity contribution in [3.8, 4) is 11.3 Å². The fraction of sp³-hybridized carbons (Fsp3) is 0.105. The highest BCUT2D eigenvalue weighted by Crippen LogP contribution is 2.30. The van der Waals surface area contributed by atoms with Crippen LogP contribution < -0.4 is 0 Å². The van der Waals surface area contributed by atoms with Crippen LogP contribution in [0.15, 0.2) is 60.8 Å². The van der Waals surface area contributed by atoms with Crippen LogP contribution in [-0.4, -0.2) is 9.55 Å². The minimum absolute atomic E-state index is 1.03. The molecule has 0 unspecified atom stereocenters. The average molecular weight is 272 g/mol. The third-order valence-electron chi connectivity index (χ3n) is 4.02. The summed E-state index contributed by atoms with van der Waals surface area (Å²) in [6, 6.07) is 19.1. The Bertz CT molecular complexity index is 964. The van der Waals surface area contributed by atoms with Crippen molar-refractivity contribution in [1.82, 2.24) is 9.55 Å². The number of fused-ring (bicyclic) bond motifs is 2. The van der Waals surface area contributed by atoms with Gasteiger partial charge in [0, 0.05) is 35.1 Å². The van der Waals surface area contributed by atoms with Crippen LogP contribution in [0.25, 0.3) is 33.1 Å². The molecule has 0 N–H and O–H groups in total. The molecule has 2 heteroatoms. The molecular weight excluding hydrogens is 256 g/mol. The molecule has 0 saturated carbocycles. The van der Waals surface area contributed by atoms with Crippen LogP contribution in [0.3, 0.4) is 0 Å². The Morgan fingerprint density at radius 3 is 2.71 bits per heavy atom. The van der Waals surface area contributed by atoms with Gasteiger partial charge in [-0.25, -0.2) is 4.98 Å². The molecule has 0 spiro atoms. The molecule has 2 heterocycles. The minimum Gasteiger partial charge on any atom is -0.350 e. The Morgan fingerprint density at radius 1 is 0.952 bits per heavy atom. The van der Waals surface area contributed by atoms with Crippen molar-refractivity contribution in [2.24, 2.45) is 7.05 Å². The quantitative estimate of drug-likeness (QED) is 0.491. The molecule has 2 aromatic carbocycles. The van der Waals surface area contributed by atoms with Gasteiger partial charge in [0.15, 0.2) is 0 Å². The van der Waals surface area contributed by atoms with Crippen LogP contribution in [-0.2, 0) is 7.05 Å². The second-order valence-electron chi connectivity index (χ2n) is 5.56. The van der Waals surface area contributed by atoms with Crippen LogP contribution >= 0.6 is 0 Å². The highest BCUT2D eigenvalue weighted by Gasteiger charge is 2.09. The smallest absolute Gasteiger partial charge is 0.0731 e. The van der Waals surface area contributed by atoms with Crippen LogP contribution in [0.1, 0.15) is 5.56 Å². The molecule has 0 fully saturated rings. The maximum Gasteiger partial charge on any atom is 0.0731 e. The van der Waals surface area contributed by atoms with Crippen molar-refractivity contribution in [3.63, 3.8) is 0 Å².